The van der Waals surface area contributed by atoms with Crippen LogP contribution >= 0.6 is 34.4 Å². The van der Waals surface area contributed by atoms with Crippen LogP contribution in [-0.2, 0) is 6.54 Å². The predicted molar refractivity (Wildman–Crippen MR) is 121 cm³/mol. The van der Waals surface area contributed by atoms with Gasteiger partial charge in [-0.1, -0.05) is 11.3 Å². The van der Waals surface area contributed by atoms with Crippen LogP contribution in [0.1, 0.15) is 10.4 Å². The quantitative estimate of drug-likeness (QED) is 0.439. The first-order chi connectivity index (χ1) is 14.1. The van der Waals surface area contributed by atoms with E-state index >= 15 is 0 Å². The SMILES string of the molecule is COc1cc2sc(=NC(=O)c3ccc4ncsc4c3)n(CCSC)c2cc1OC. The molecule has 0 aliphatic heterocycles. The molecule has 0 saturated carbocycles. The van der Waals surface area contributed by atoms with Gasteiger partial charge in [-0.25, -0.2) is 4.98 Å². The lowest BCUT2D eigenvalue weighted by Crippen LogP contribution is -2.18. The van der Waals surface area contributed by atoms with Gasteiger partial charge >= 0.3 is 0 Å². The standard InChI is InChI=1S/C20H19N3O3S3/c1-25-15-9-14-18(10-16(15)26-2)29-20(23(14)6-7-27-3)22-19(24)12-4-5-13-17(8-12)28-11-21-13/h4-5,8-11H,6-7H2,1-3H3. The zero-order valence-corrected chi connectivity index (χ0v) is 18.6. The van der Waals surface area contributed by atoms with Gasteiger partial charge in [0.1, 0.15) is 0 Å². The molecule has 150 valence electrons. The van der Waals surface area contributed by atoms with Crippen LogP contribution in [0.25, 0.3) is 20.4 Å². The molecule has 0 saturated heterocycles. The molecule has 6 nitrogen and oxygen atoms in total. The third-order valence-corrected chi connectivity index (χ3v) is 6.91. The molecule has 0 bridgehead atoms. The van der Waals surface area contributed by atoms with E-state index in [1.165, 1.54) is 22.7 Å². The number of methoxy groups -OCH3 is 2. The first-order valence-electron chi connectivity index (χ1n) is 8.81. The topological polar surface area (TPSA) is 65.7 Å². The molecule has 0 spiro atoms. The molecule has 2 aromatic carbocycles. The molecule has 0 radical (unpaired) electrons. The molecule has 0 aliphatic rings. The summed E-state index contributed by atoms with van der Waals surface area (Å²) in [6.45, 7) is 0.747. The van der Waals surface area contributed by atoms with Crippen molar-refractivity contribution in [1.29, 1.82) is 0 Å². The average molecular weight is 446 g/mol. The molecule has 0 N–H and O–H groups in total. The van der Waals surface area contributed by atoms with Crippen molar-refractivity contribution in [3.63, 3.8) is 0 Å². The Morgan fingerprint density at radius 1 is 1.17 bits per heavy atom. The minimum absolute atomic E-state index is 0.260. The summed E-state index contributed by atoms with van der Waals surface area (Å²) >= 11 is 4.73. The van der Waals surface area contributed by atoms with Crippen molar-refractivity contribution in [2.24, 2.45) is 4.99 Å². The van der Waals surface area contributed by atoms with Gasteiger partial charge in [-0.3, -0.25) is 4.79 Å². The van der Waals surface area contributed by atoms with E-state index in [0.29, 0.717) is 21.9 Å². The monoisotopic (exact) mass is 445 g/mol. The van der Waals surface area contributed by atoms with Gasteiger partial charge in [-0.15, -0.1) is 11.3 Å². The number of carbonyl (C=O) groups excluding carboxylic acids is 1. The number of fused-ring (bicyclic) bond motifs is 2. The number of benzene rings is 2. The van der Waals surface area contributed by atoms with Crippen LogP contribution in [0.2, 0.25) is 0 Å². The molecule has 4 aromatic rings. The summed E-state index contributed by atoms with van der Waals surface area (Å²) in [6, 6.07) is 9.36. The zero-order chi connectivity index (χ0) is 20.4. The number of rotatable bonds is 6. The molecule has 0 unspecified atom stereocenters. The van der Waals surface area contributed by atoms with Gasteiger partial charge in [0.15, 0.2) is 16.3 Å². The molecule has 1 amide bonds. The molecule has 0 atom stereocenters. The number of ether oxygens (including phenoxy) is 2. The highest BCUT2D eigenvalue weighted by Crippen LogP contribution is 2.33. The first-order valence-corrected chi connectivity index (χ1v) is 11.9. The second-order valence-corrected chi connectivity index (χ2v) is 9.04. The van der Waals surface area contributed by atoms with Crippen LogP contribution in [0.15, 0.2) is 40.8 Å². The Bertz CT molecular complexity index is 1260. The van der Waals surface area contributed by atoms with E-state index < -0.39 is 0 Å². The largest absolute Gasteiger partial charge is 0.493 e. The number of thioether (sulfide) groups is 1. The molecule has 0 fully saturated rings. The van der Waals surface area contributed by atoms with Gasteiger partial charge < -0.3 is 14.0 Å². The lowest BCUT2D eigenvalue weighted by atomic mass is 10.2. The van der Waals surface area contributed by atoms with Crippen LogP contribution in [0.4, 0.5) is 0 Å². The van der Waals surface area contributed by atoms with Gasteiger partial charge in [0.25, 0.3) is 5.91 Å². The fraction of sp³-hybridized carbons (Fsp3) is 0.250. The minimum Gasteiger partial charge on any atom is -0.493 e. The molecular formula is C20H19N3O3S3. The maximum atomic E-state index is 12.9. The summed E-state index contributed by atoms with van der Waals surface area (Å²) < 4.78 is 14.9. The van der Waals surface area contributed by atoms with Gasteiger partial charge in [0.05, 0.1) is 40.2 Å². The zero-order valence-electron chi connectivity index (χ0n) is 16.2. The Kier molecular flexibility index (Phi) is 5.89. The van der Waals surface area contributed by atoms with Gasteiger partial charge in [-0.2, -0.15) is 16.8 Å². The highest BCUT2D eigenvalue weighted by atomic mass is 32.2. The van der Waals surface area contributed by atoms with E-state index in [1.807, 2.05) is 24.3 Å². The summed E-state index contributed by atoms with van der Waals surface area (Å²) in [5.41, 5.74) is 4.21. The van der Waals surface area contributed by atoms with Crippen molar-refractivity contribution < 1.29 is 14.3 Å². The summed E-state index contributed by atoms with van der Waals surface area (Å²) in [4.78, 5) is 22.3. The van der Waals surface area contributed by atoms with E-state index in [1.54, 1.807) is 37.6 Å². The highest BCUT2D eigenvalue weighted by molar-refractivity contribution is 7.98. The number of nitrogens with zero attached hydrogens (tertiary/aromatic N) is 3. The van der Waals surface area contributed by atoms with Crippen molar-refractivity contribution in [3.8, 4) is 11.5 Å². The van der Waals surface area contributed by atoms with Crippen molar-refractivity contribution >= 4 is 60.8 Å². The first kappa shape index (κ1) is 19.9. The number of hydrogen-bond donors (Lipinski definition) is 0. The molecule has 4 rings (SSSR count). The van der Waals surface area contributed by atoms with E-state index in [9.17, 15) is 4.79 Å². The number of hydrogen-bond acceptors (Lipinski definition) is 7. The number of thiazole rings is 2. The summed E-state index contributed by atoms with van der Waals surface area (Å²) in [5, 5.41) is 0. The molecule has 2 aromatic heterocycles. The summed E-state index contributed by atoms with van der Waals surface area (Å²) in [5.74, 6) is 1.97. The normalized spacial score (nSPS) is 12.0. The fourth-order valence-corrected chi connectivity index (χ4v) is 5.17. The third-order valence-electron chi connectivity index (χ3n) is 4.48. The Morgan fingerprint density at radius 3 is 2.72 bits per heavy atom. The van der Waals surface area contributed by atoms with Crippen LogP contribution in [0, 0.1) is 0 Å². The summed E-state index contributed by atoms with van der Waals surface area (Å²) in [7, 11) is 3.23. The Balaban J connectivity index is 1.84. The van der Waals surface area contributed by atoms with Crippen LogP contribution in [0.5, 0.6) is 11.5 Å². The third kappa shape index (κ3) is 3.90. The summed E-state index contributed by atoms with van der Waals surface area (Å²) in [6.07, 6.45) is 2.06. The number of carbonyl (C=O) groups is 1. The molecule has 9 heteroatoms. The molecule has 29 heavy (non-hydrogen) atoms. The van der Waals surface area contributed by atoms with E-state index in [2.05, 4.69) is 20.8 Å². The van der Waals surface area contributed by atoms with Crippen molar-refractivity contribution in [3.05, 3.63) is 46.2 Å². The van der Waals surface area contributed by atoms with Gasteiger partial charge in [0, 0.05) is 30.0 Å². The lowest BCUT2D eigenvalue weighted by molar-refractivity contribution is 0.0998. The smallest absolute Gasteiger partial charge is 0.279 e. The van der Waals surface area contributed by atoms with Crippen molar-refractivity contribution in [2.75, 3.05) is 26.2 Å². The molecule has 0 aliphatic carbocycles. The molecule has 2 heterocycles. The van der Waals surface area contributed by atoms with Crippen molar-refractivity contribution in [1.82, 2.24) is 9.55 Å². The molecular weight excluding hydrogens is 426 g/mol. The van der Waals surface area contributed by atoms with Gasteiger partial charge in [0.2, 0.25) is 0 Å². The maximum absolute atomic E-state index is 12.9. The maximum Gasteiger partial charge on any atom is 0.279 e. The fourth-order valence-electron chi connectivity index (χ4n) is 3.02. The van der Waals surface area contributed by atoms with E-state index in [0.717, 1.165) is 32.7 Å². The predicted octanol–water partition coefficient (Wildman–Crippen LogP) is 4.43. The minimum atomic E-state index is -0.260. The van der Waals surface area contributed by atoms with E-state index in [-0.39, 0.29) is 5.91 Å². The lowest BCUT2D eigenvalue weighted by Gasteiger charge is -2.09. The second kappa shape index (κ2) is 8.56. The van der Waals surface area contributed by atoms with E-state index in [4.69, 9.17) is 9.47 Å². The Hall–Kier alpha value is -2.36. The van der Waals surface area contributed by atoms with Crippen LogP contribution in [0.3, 0.4) is 0 Å². The van der Waals surface area contributed by atoms with Crippen LogP contribution in [-0.4, -0.2) is 41.7 Å². The van der Waals surface area contributed by atoms with Gasteiger partial charge in [-0.05, 0) is 24.5 Å². The Labute approximate surface area is 179 Å². The number of amides is 1. The number of aryl methyl sites for hydroxylation is 1. The number of aromatic nitrogens is 2. The Morgan fingerprint density at radius 2 is 1.97 bits per heavy atom. The average Bonchev–Trinajstić information content (AvgIpc) is 3.34. The van der Waals surface area contributed by atoms with Crippen molar-refractivity contribution in [2.45, 2.75) is 6.54 Å². The second-order valence-electron chi connectivity index (χ2n) is 6.16. The highest BCUT2D eigenvalue weighted by Gasteiger charge is 2.14. The van der Waals surface area contributed by atoms with Crippen LogP contribution < -0.4 is 14.3 Å².